The maximum Gasteiger partial charge on any atom is 0.0620 e. The van der Waals surface area contributed by atoms with Gasteiger partial charge in [0, 0.05) is 0 Å². The fraction of sp³-hybridized carbons (Fsp3) is 1.00. The molecule has 0 aliphatic heterocycles. The molecule has 0 aromatic carbocycles. The largest absolute Gasteiger partial charge is 0.0987 e. The Morgan fingerprint density at radius 3 is 2.50 bits per heavy atom. The van der Waals surface area contributed by atoms with E-state index in [-0.39, 0.29) is 0 Å². The third-order valence-electron chi connectivity index (χ3n) is 3.88. The summed E-state index contributed by atoms with van der Waals surface area (Å²) in [5.74, 6) is 2.40. The molecule has 0 aromatic heterocycles. The quantitative estimate of drug-likeness (QED) is 0.513. The Balaban J connectivity index is 2.09. The second kappa shape index (κ2) is 2.82. The molecule has 3 atom stereocenters. The maximum atomic E-state index is 5.97. The summed E-state index contributed by atoms with van der Waals surface area (Å²) >= 11 is 0. The molecule has 0 N–H and O–H groups in total. The van der Waals surface area contributed by atoms with E-state index in [4.69, 9.17) is 15.7 Å². The van der Waals surface area contributed by atoms with Crippen molar-refractivity contribution in [2.45, 2.75) is 44.2 Å². The second-order valence-corrected chi connectivity index (χ2v) is 4.90. The topological polar surface area (TPSA) is 0 Å². The highest BCUT2D eigenvalue weighted by atomic mass is 14.5. The standard InChI is InChI=1S/C10H16B2/c1-10(11,12)9-6-5-7-3-2-4-8(7)9/h7-9H,2-6H2,1H3. The van der Waals surface area contributed by atoms with Gasteiger partial charge in [0.2, 0.25) is 0 Å². The fourth-order valence-electron chi connectivity index (χ4n) is 3.33. The van der Waals surface area contributed by atoms with E-state index in [9.17, 15) is 0 Å². The van der Waals surface area contributed by atoms with Crippen molar-refractivity contribution >= 4 is 15.7 Å². The zero-order valence-electron chi connectivity index (χ0n) is 7.92. The van der Waals surface area contributed by atoms with Gasteiger partial charge in [-0.25, -0.2) is 0 Å². The molecule has 4 radical (unpaired) electrons. The first-order valence-electron chi connectivity index (χ1n) is 5.17. The van der Waals surface area contributed by atoms with Crippen molar-refractivity contribution < 1.29 is 0 Å². The van der Waals surface area contributed by atoms with Crippen LogP contribution in [0, 0.1) is 17.8 Å². The third kappa shape index (κ3) is 1.34. The van der Waals surface area contributed by atoms with Crippen molar-refractivity contribution in [3.63, 3.8) is 0 Å². The van der Waals surface area contributed by atoms with Crippen LogP contribution in [0.4, 0.5) is 0 Å². The Kier molecular flexibility index (Phi) is 2.05. The molecule has 62 valence electrons. The summed E-state index contributed by atoms with van der Waals surface area (Å²) < 4.78 is 0. The number of fused-ring (bicyclic) bond motifs is 1. The van der Waals surface area contributed by atoms with Crippen LogP contribution < -0.4 is 0 Å². The van der Waals surface area contributed by atoms with Gasteiger partial charge in [0.25, 0.3) is 0 Å². The molecule has 0 amide bonds. The number of hydrogen-bond donors (Lipinski definition) is 0. The molecule has 0 saturated heterocycles. The molecule has 0 heterocycles. The predicted molar refractivity (Wildman–Crippen MR) is 53.4 cm³/mol. The minimum absolute atomic E-state index is 0.427. The molecular weight excluding hydrogens is 142 g/mol. The first kappa shape index (κ1) is 8.72. The highest BCUT2D eigenvalue weighted by Crippen LogP contribution is 2.54. The second-order valence-electron chi connectivity index (χ2n) is 4.90. The average Bonchev–Trinajstić information content (AvgIpc) is 2.37. The van der Waals surface area contributed by atoms with Crippen LogP contribution in [0.3, 0.4) is 0 Å². The van der Waals surface area contributed by atoms with E-state index in [0.29, 0.717) is 5.92 Å². The first-order chi connectivity index (χ1) is 5.59. The van der Waals surface area contributed by atoms with Crippen LogP contribution in [0.1, 0.15) is 39.0 Å². The normalized spacial score (nSPS) is 41.6. The van der Waals surface area contributed by atoms with Crippen LogP contribution in [0.15, 0.2) is 0 Å². The zero-order chi connectivity index (χ0) is 8.77. The lowest BCUT2D eigenvalue weighted by atomic mass is 9.47. The first-order valence-corrected chi connectivity index (χ1v) is 5.17. The van der Waals surface area contributed by atoms with Gasteiger partial charge in [-0.2, -0.15) is 0 Å². The van der Waals surface area contributed by atoms with Crippen LogP contribution in [-0.2, 0) is 0 Å². The van der Waals surface area contributed by atoms with Crippen LogP contribution >= 0.6 is 0 Å². The minimum Gasteiger partial charge on any atom is -0.0987 e. The van der Waals surface area contributed by atoms with E-state index in [1.165, 1.54) is 32.1 Å². The molecule has 0 nitrogen and oxygen atoms in total. The van der Waals surface area contributed by atoms with E-state index in [1.54, 1.807) is 0 Å². The molecule has 3 unspecified atom stereocenters. The minimum atomic E-state index is -0.427. The van der Waals surface area contributed by atoms with Gasteiger partial charge < -0.3 is 0 Å². The zero-order valence-corrected chi connectivity index (χ0v) is 7.92. The van der Waals surface area contributed by atoms with Crippen molar-refractivity contribution in [1.82, 2.24) is 0 Å². The van der Waals surface area contributed by atoms with E-state index < -0.39 is 5.21 Å². The van der Waals surface area contributed by atoms with Gasteiger partial charge in [-0.3, -0.25) is 0 Å². The molecule has 2 fully saturated rings. The van der Waals surface area contributed by atoms with Crippen molar-refractivity contribution in [3.05, 3.63) is 0 Å². The Morgan fingerprint density at radius 2 is 1.83 bits per heavy atom. The van der Waals surface area contributed by atoms with Gasteiger partial charge in [0.1, 0.15) is 0 Å². The summed E-state index contributed by atoms with van der Waals surface area (Å²) in [5.41, 5.74) is 0. The summed E-state index contributed by atoms with van der Waals surface area (Å²) in [4.78, 5) is 0. The molecule has 0 bridgehead atoms. The Labute approximate surface area is 78.3 Å². The molecule has 2 rings (SSSR count). The maximum absolute atomic E-state index is 5.97. The summed E-state index contributed by atoms with van der Waals surface area (Å²) in [6.07, 6.45) is 6.84. The van der Waals surface area contributed by atoms with Crippen molar-refractivity contribution in [2.24, 2.45) is 17.8 Å². The SMILES string of the molecule is [B]C([B])(C)C1CCC2CCCC21. The van der Waals surface area contributed by atoms with E-state index in [1.807, 2.05) is 6.92 Å². The monoisotopic (exact) mass is 158 g/mol. The van der Waals surface area contributed by atoms with Gasteiger partial charge in [-0.15, -0.1) is 0 Å². The molecule has 0 spiro atoms. The molecule has 2 heteroatoms. The van der Waals surface area contributed by atoms with Gasteiger partial charge in [-0.05, 0) is 30.6 Å². The number of hydrogen-bond acceptors (Lipinski definition) is 0. The third-order valence-corrected chi connectivity index (χ3v) is 3.88. The summed E-state index contributed by atoms with van der Waals surface area (Å²) in [7, 11) is 11.9. The fourth-order valence-corrected chi connectivity index (χ4v) is 3.33. The lowest BCUT2D eigenvalue weighted by Crippen LogP contribution is -2.24. The Bertz CT molecular complexity index is 171. The number of rotatable bonds is 1. The van der Waals surface area contributed by atoms with Crippen LogP contribution in [0.2, 0.25) is 5.21 Å². The Morgan fingerprint density at radius 1 is 1.08 bits per heavy atom. The van der Waals surface area contributed by atoms with E-state index in [0.717, 1.165) is 11.8 Å². The highest BCUT2D eigenvalue weighted by Gasteiger charge is 2.43. The molecule has 12 heavy (non-hydrogen) atoms. The molecule has 2 aliphatic rings. The molecule has 2 saturated carbocycles. The van der Waals surface area contributed by atoms with Gasteiger partial charge in [-0.1, -0.05) is 31.4 Å². The van der Waals surface area contributed by atoms with Crippen LogP contribution in [0.25, 0.3) is 0 Å². The van der Waals surface area contributed by atoms with Crippen LogP contribution in [0.5, 0.6) is 0 Å². The van der Waals surface area contributed by atoms with Crippen molar-refractivity contribution in [2.75, 3.05) is 0 Å². The van der Waals surface area contributed by atoms with Gasteiger partial charge in [0.15, 0.2) is 0 Å². The van der Waals surface area contributed by atoms with E-state index in [2.05, 4.69) is 0 Å². The van der Waals surface area contributed by atoms with E-state index >= 15 is 0 Å². The van der Waals surface area contributed by atoms with Gasteiger partial charge in [0.05, 0.1) is 15.7 Å². The summed E-state index contributed by atoms with van der Waals surface area (Å²) in [6.45, 7) is 1.98. The predicted octanol–water partition coefficient (Wildman–Crippen LogP) is 2.29. The van der Waals surface area contributed by atoms with Crippen LogP contribution in [-0.4, -0.2) is 15.7 Å². The molecule has 0 aromatic rings. The molecule has 2 aliphatic carbocycles. The lowest BCUT2D eigenvalue weighted by molar-refractivity contribution is 0.326. The summed E-state index contributed by atoms with van der Waals surface area (Å²) in [6, 6.07) is 0. The lowest BCUT2D eigenvalue weighted by Gasteiger charge is -2.33. The molecular formula is C10H16B2. The van der Waals surface area contributed by atoms with Crippen molar-refractivity contribution in [3.8, 4) is 0 Å². The average molecular weight is 158 g/mol. The highest BCUT2D eigenvalue weighted by molar-refractivity contribution is 6.39. The van der Waals surface area contributed by atoms with Gasteiger partial charge >= 0.3 is 0 Å². The smallest absolute Gasteiger partial charge is 0.0620 e. The van der Waals surface area contributed by atoms with Crippen molar-refractivity contribution in [1.29, 1.82) is 0 Å². The summed E-state index contributed by atoms with van der Waals surface area (Å²) in [5, 5.41) is -0.427. The Hall–Kier alpha value is 0.130.